The van der Waals surface area contributed by atoms with E-state index in [1.165, 1.54) is 0 Å². The van der Waals surface area contributed by atoms with Crippen LogP contribution in [0.4, 0.5) is 4.79 Å². The third-order valence-electron chi connectivity index (χ3n) is 3.57. The van der Waals surface area contributed by atoms with E-state index in [4.69, 9.17) is 5.11 Å². The Kier molecular flexibility index (Phi) is 4.61. The van der Waals surface area contributed by atoms with Gasteiger partial charge in [0.15, 0.2) is 0 Å². The predicted molar refractivity (Wildman–Crippen MR) is 75.2 cm³/mol. The van der Waals surface area contributed by atoms with Crippen LogP contribution >= 0.6 is 0 Å². The lowest BCUT2D eigenvalue weighted by molar-refractivity contribution is -0.139. The number of nitrogens with one attached hydrogen (secondary N) is 1. The highest BCUT2D eigenvalue weighted by atomic mass is 16.4. The summed E-state index contributed by atoms with van der Waals surface area (Å²) in [5, 5.41) is 11.7. The number of carbonyl (C=O) groups excluding carboxylic acids is 1. The lowest BCUT2D eigenvalue weighted by Crippen LogP contribution is -2.46. The summed E-state index contributed by atoms with van der Waals surface area (Å²) >= 11 is 0. The molecule has 0 radical (unpaired) electrons. The number of aliphatic carboxylic acids is 1. The molecule has 0 saturated heterocycles. The smallest absolute Gasteiger partial charge is 0.326 e. The summed E-state index contributed by atoms with van der Waals surface area (Å²) in [5.41, 5.74) is 2.26. The van der Waals surface area contributed by atoms with Crippen LogP contribution in [-0.4, -0.2) is 28.0 Å². The highest BCUT2D eigenvalue weighted by Crippen LogP contribution is 2.22. The van der Waals surface area contributed by atoms with Gasteiger partial charge >= 0.3 is 12.0 Å². The van der Waals surface area contributed by atoms with Crippen LogP contribution in [0.15, 0.2) is 24.3 Å². The van der Waals surface area contributed by atoms with E-state index >= 15 is 0 Å². The van der Waals surface area contributed by atoms with Crippen molar-refractivity contribution in [2.75, 3.05) is 0 Å². The molecule has 0 fully saturated rings. The van der Waals surface area contributed by atoms with Gasteiger partial charge in [-0.1, -0.05) is 44.0 Å². The molecular formula is C15H20N2O3. The fraction of sp³-hybridized carbons (Fsp3) is 0.467. The minimum Gasteiger partial charge on any atom is -0.480 e. The van der Waals surface area contributed by atoms with Crippen molar-refractivity contribution < 1.29 is 14.7 Å². The fourth-order valence-corrected chi connectivity index (χ4v) is 2.38. The van der Waals surface area contributed by atoms with Crippen molar-refractivity contribution in [2.45, 2.75) is 45.3 Å². The molecule has 5 nitrogen and oxygen atoms in total. The zero-order chi connectivity index (χ0) is 14.5. The van der Waals surface area contributed by atoms with E-state index in [-0.39, 0.29) is 6.03 Å². The molecule has 20 heavy (non-hydrogen) atoms. The van der Waals surface area contributed by atoms with E-state index in [0.29, 0.717) is 19.5 Å². The Labute approximate surface area is 118 Å². The summed E-state index contributed by atoms with van der Waals surface area (Å²) in [6, 6.07) is 6.78. The first kappa shape index (κ1) is 14.4. The maximum atomic E-state index is 12.1. The van der Waals surface area contributed by atoms with E-state index in [9.17, 15) is 9.59 Å². The largest absolute Gasteiger partial charge is 0.480 e. The van der Waals surface area contributed by atoms with Gasteiger partial charge in [-0.2, -0.15) is 0 Å². The van der Waals surface area contributed by atoms with Crippen molar-refractivity contribution in [3.63, 3.8) is 0 Å². The van der Waals surface area contributed by atoms with Crippen molar-refractivity contribution in [1.82, 2.24) is 10.2 Å². The fourth-order valence-electron chi connectivity index (χ4n) is 2.38. The second-order valence-corrected chi connectivity index (χ2v) is 5.11. The van der Waals surface area contributed by atoms with Crippen LogP contribution < -0.4 is 5.32 Å². The number of carbonyl (C=O) groups is 2. The van der Waals surface area contributed by atoms with Crippen LogP contribution in [0.2, 0.25) is 0 Å². The molecule has 5 heteroatoms. The van der Waals surface area contributed by atoms with Gasteiger partial charge < -0.3 is 15.3 Å². The van der Waals surface area contributed by atoms with Crippen molar-refractivity contribution in [3.05, 3.63) is 35.4 Å². The summed E-state index contributed by atoms with van der Waals surface area (Å²) in [4.78, 5) is 24.9. The predicted octanol–water partition coefficient (Wildman–Crippen LogP) is 2.36. The van der Waals surface area contributed by atoms with E-state index in [0.717, 1.165) is 24.0 Å². The summed E-state index contributed by atoms with van der Waals surface area (Å²) < 4.78 is 0. The summed E-state index contributed by atoms with van der Waals surface area (Å²) in [6.45, 7) is 3.09. The van der Waals surface area contributed by atoms with Crippen LogP contribution in [0.1, 0.15) is 37.3 Å². The lowest BCUT2D eigenvalue weighted by atomic mass is 10.1. The van der Waals surface area contributed by atoms with Crippen LogP contribution in [0.5, 0.6) is 0 Å². The van der Waals surface area contributed by atoms with Gasteiger partial charge in [0, 0.05) is 13.1 Å². The number of benzene rings is 1. The van der Waals surface area contributed by atoms with Crippen LogP contribution in [0, 0.1) is 0 Å². The Bertz CT molecular complexity index is 477. The second-order valence-electron chi connectivity index (χ2n) is 5.11. The normalized spacial score (nSPS) is 14.8. The molecule has 2 amide bonds. The first-order valence-corrected chi connectivity index (χ1v) is 6.97. The van der Waals surface area contributed by atoms with E-state index in [1.54, 1.807) is 4.90 Å². The van der Waals surface area contributed by atoms with E-state index < -0.39 is 12.0 Å². The number of unbranched alkanes of at least 4 members (excludes halogenated alkanes) is 1. The van der Waals surface area contributed by atoms with Gasteiger partial charge in [0.1, 0.15) is 6.04 Å². The number of carboxylic acids is 1. The van der Waals surface area contributed by atoms with Crippen molar-refractivity contribution in [1.29, 1.82) is 0 Å². The maximum absolute atomic E-state index is 12.1. The third kappa shape index (κ3) is 3.29. The Hall–Kier alpha value is -2.04. The molecule has 0 saturated carbocycles. The van der Waals surface area contributed by atoms with Crippen molar-refractivity contribution in [2.24, 2.45) is 0 Å². The third-order valence-corrected chi connectivity index (χ3v) is 3.57. The molecule has 0 spiro atoms. The Balaban J connectivity index is 1.94. The molecule has 2 rings (SSSR count). The number of urea groups is 1. The van der Waals surface area contributed by atoms with Gasteiger partial charge in [0.05, 0.1) is 0 Å². The highest BCUT2D eigenvalue weighted by molar-refractivity contribution is 5.82. The molecule has 0 bridgehead atoms. The van der Waals surface area contributed by atoms with Gasteiger partial charge in [0.25, 0.3) is 0 Å². The van der Waals surface area contributed by atoms with Crippen molar-refractivity contribution in [3.8, 4) is 0 Å². The van der Waals surface area contributed by atoms with Crippen LogP contribution in [-0.2, 0) is 17.9 Å². The molecule has 2 N–H and O–H groups in total. The van der Waals surface area contributed by atoms with Gasteiger partial charge in [-0.25, -0.2) is 9.59 Å². The van der Waals surface area contributed by atoms with Gasteiger partial charge in [-0.05, 0) is 17.5 Å². The minimum atomic E-state index is -0.969. The zero-order valence-corrected chi connectivity index (χ0v) is 11.6. The number of carboxylic acid groups (broad SMARTS) is 1. The quantitative estimate of drug-likeness (QED) is 0.867. The molecule has 0 aromatic heterocycles. The number of nitrogens with zero attached hydrogens (tertiary/aromatic N) is 1. The molecule has 1 atom stereocenters. The number of hydrogen-bond acceptors (Lipinski definition) is 2. The zero-order valence-electron chi connectivity index (χ0n) is 11.6. The Morgan fingerprint density at radius 3 is 2.40 bits per heavy atom. The average Bonchev–Trinajstić information content (AvgIpc) is 2.86. The van der Waals surface area contributed by atoms with Gasteiger partial charge in [0.2, 0.25) is 0 Å². The maximum Gasteiger partial charge on any atom is 0.326 e. The summed E-state index contributed by atoms with van der Waals surface area (Å²) in [7, 11) is 0. The minimum absolute atomic E-state index is 0.301. The summed E-state index contributed by atoms with van der Waals surface area (Å²) in [6.07, 6.45) is 2.17. The molecule has 108 valence electrons. The van der Waals surface area contributed by atoms with Crippen LogP contribution in [0.3, 0.4) is 0 Å². The van der Waals surface area contributed by atoms with Crippen LogP contribution in [0.25, 0.3) is 0 Å². The molecule has 1 heterocycles. The first-order chi connectivity index (χ1) is 9.61. The molecule has 1 aliphatic rings. The van der Waals surface area contributed by atoms with E-state index in [1.807, 2.05) is 31.2 Å². The summed E-state index contributed by atoms with van der Waals surface area (Å²) in [5.74, 6) is -0.969. The Morgan fingerprint density at radius 1 is 1.30 bits per heavy atom. The second kappa shape index (κ2) is 6.41. The first-order valence-electron chi connectivity index (χ1n) is 6.97. The molecule has 1 unspecified atom stereocenters. The van der Waals surface area contributed by atoms with Crippen molar-refractivity contribution >= 4 is 12.0 Å². The van der Waals surface area contributed by atoms with Gasteiger partial charge in [-0.15, -0.1) is 0 Å². The standard InChI is InChI=1S/C15H20N2O3/c1-2-3-8-13(14(18)19)16-15(20)17-9-11-6-4-5-7-12(11)10-17/h4-7,13H,2-3,8-10H2,1H3,(H,16,20)(H,18,19). The highest BCUT2D eigenvalue weighted by Gasteiger charge is 2.26. The number of fused-ring (bicyclic) bond motifs is 1. The number of rotatable bonds is 5. The van der Waals surface area contributed by atoms with Gasteiger partial charge in [-0.3, -0.25) is 0 Å². The lowest BCUT2D eigenvalue weighted by Gasteiger charge is -2.20. The molecule has 1 aromatic rings. The molecule has 0 aliphatic carbocycles. The topological polar surface area (TPSA) is 69.6 Å². The Morgan fingerprint density at radius 2 is 1.90 bits per heavy atom. The average molecular weight is 276 g/mol. The molecule has 1 aliphatic heterocycles. The molecule has 1 aromatic carbocycles. The number of hydrogen-bond donors (Lipinski definition) is 2. The SMILES string of the molecule is CCCCC(NC(=O)N1Cc2ccccc2C1)C(=O)O. The molecular weight excluding hydrogens is 256 g/mol. The van der Waals surface area contributed by atoms with E-state index in [2.05, 4.69) is 5.32 Å². The monoisotopic (exact) mass is 276 g/mol. The number of amides is 2.